The van der Waals surface area contributed by atoms with E-state index in [-0.39, 0.29) is 0 Å². The van der Waals surface area contributed by atoms with Crippen LogP contribution in [0.4, 0.5) is 5.82 Å². The van der Waals surface area contributed by atoms with Crippen molar-refractivity contribution in [1.82, 2.24) is 24.7 Å². The second kappa shape index (κ2) is 5.88. The van der Waals surface area contributed by atoms with Crippen molar-refractivity contribution in [3.63, 3.8) is 0 Å². The van der Waals surface area contributed by atoms with Gasteiger partial charge in [-0.15, -0.1) is 0 Å². The molecule has 2 aromatic rings. The minimum absolute atomic E-state index is 0.571. The average molecular weight is 304 g/mol. The molecule has 22 heavy (non-hydrogen) atoms. The van der Waals surface area contributed by atoms with Crippen LogP contribution in [0.25, 0.3) is 0 Å². The zero-order valence-electron chi connectivity index (χ0n) is 12.8. The van der Waals surface area contributed by atoms with E-state index in [1.807, 2.05) is 13.0 Å². The van der Waals surface area contributed by atoms with Gasteiger partial charge >= 0.3 is 0 Å². The first-order valence-electron chi connectivity index (χ1n) is 7.39. The first kappa shape index (κ1) is 14.7. The number of hydrogen-bond acceptors (Lipinski definition) is 7. The fourth-order valence-electron chi connectivity index (χ4n) is 2.78. The summed E-state index contributed by atoms with van der Waals surface area (Å²) in [6, 6.07) is 1.83. The van der Waals surface area contributed by atoms with E-state index in [0.29, 0.717) is 44.2 Å². The van der Waals surface area contributed by atoms with Crippen LogP contribution in [-0.4, -0.2) is 49.5 Å². The third-order valence-corrected chi connectivity index (χ3v) is 3.96. The second-order valence-corrected chi connectivity index (χ2v) is 5.37. The van der Waals surface area contributed by atoms with Crippen LogP contribution in [0.15, 0.2) is 18.7 Å². The van der Waals surface area contributed by atoms with Crippen LogP contribution in [-0.2, 0) is 12.6 Å². The van der Waals surface area contributed by atoms with Crippen LogP contribution < -0.4 is 9.64 Å². The maximum atomic E-state index is 10.8. The number of ether oxygens (including phenoxy) is 1. The van der Waals surface area contributed by atoms with Gasteiger partial charge in [0.2, 0.25) is 5.88 Å². The van der Waals surface area contributed by atoms with Gasteiger partial charge in [-0.1, -0.05) is 0 Å². The zero-order chi connectivity index (χ0) is 15.6. The van der Waals surface area contributed by atoms with Crippen molar-refractivity contribution in [3.8, 4) is 5.88 Å². The van der Waals surface area contributed by atoms with Crippen LogP contribution in [0, 0.1) is 0 Å². The molecule has 3 rings (SSSR count). The summed E-state index contributed by atoms with van der Waals surface area (Å²) in [5, 5.41) is 14.8. The number of aromatic nitrogens is 5. The Morgan fingerprint density at radius 2 is 2.00 bits per heavy atom. The molecule has 118 valence electrons. The van der Waals surface area contributed by atoms with Crippen LogP contribution in [0.5, 0.6) is 5.88 Å². The number of rotatable bonds is 4. The van der Waals surface area contributed by atoms with Gasteiger partial charge in [-0.2, -0.15) is 5.10 Å². The van der Waals surface area contributed by atoms with Gasteiger partial charge in [-0.25, -0.2) is 15.0 Å². The summed E-state index contributed by atoms with van der Waals surface area (Å²) in [4.78, 5) is 14.7. The largest absolute Gasteiger partial charge is 0.478 e. The Kier molecular flexibility index (Phi) is 3.93. The van der Waals surface area contributed by atoms with Gasteiger partial charge in [0, 0.05) is 39.0 Å². The van der Waals surface area contributed by atoms with E-state index in [4.69, 9.17) is 4.74 Å². The molecule has 0 aliphatic carbocycles. The SMILES string of the molecule is CCOc1cc(N2CCC(O)(c3ncnn3C)CC2)ncn1. The lowest BCUT2D eigenvalue weighted by Crippen LogP contribution is -2.44. The van der Waals surface area contributed by atoms with Crippen LogP contribution >= 0.6 is 0 Å². The van der Waals surface area contributed by atoms with E-state index in [0.717, 1.165) is 5.82 Å². The van der Waals surface area contributed by atoms with Crippen molar-refractivity contribution in [1.29, 1.82) is 0 Å². The van der Waals surface area contributed by atoms with Crippen molar-refractivity contribution < 1.29 is 9.84 Å². The highest BCUT2D eigenvalue weighted by Crippen LogP contribution is 2.32. The van der Waals surface area contributed by atoms with E-state index in [1.54, 1.807) is 11.7 Å². The minimum Gasteiger partial charge on any atom is -0.478 e. The molecule has 8 nitrogen and oxygen atoms in total. The topological polar surface area (TPSA) is 89.2 Å². The Morgan fingerprint density at radius 1 is 1.23 bits per heavy atom. The third-order valence-electron chi connectivity index (χ3n) is 3.96. The molecule has 1 fully saturated rings. The predicted molar refractivity (Wildman–Crippen MR) is 79.5 cm³/mol. The van der Waals surface area contributed by atoms with Gasteiger partial charge in [0.15, 0.2) is 5.82 Å². The van der Waals surface area contributed by atoms with Gasteiger partial charge in [0.25, 0.3) is 0 Å². The number of anilines is 1. The summed E-state index contributed by atoms with van der Waals surface area (Å²) in [6.45, 7) is 3.87. The lowest BCUT2D eigenvalue weighted by Gasteiger charge is -2.37. The first-order valence-corrected chi connectivity index (χ1v) is 7.39. The van der Waals surface area contributed by atoms with E-state index in [9.17, 15) is 5.11 Å². The lowest BCUT2D eigenvalue weighted by molar-refractivity contribution is -0.000183. The fraction of sp³-hybridized carbons (Fsp3) is 0.571. The van der Waals surface area contributed by atoms with Gasteiger partial charge < -0.3 is 14.7 Å². The van der Waals surface area contributed by atoms with E-state index < -0.39 is 5.60 Å². The highest BCUT2D eigenvalue weighted by molar-refractivity contribution is 5.41. The Bertz CT molecular complexity index is 636. The minimum atomic E-state index is -0.933. The van der Waals surface area contributed by atoms with E-state index in [1.165, 1.54) is 12.7 Å². The van der Waals surface area contributed by atoms with Gasteiger partial charge in [0.1, 0.15) is 24.1 Å². The normalized spacial score (nSPS) is 17.5. The molecule has 8 heteroatoms. The van der Waals surface area contributed by atoms with Crippen molar-refractivity contribution in [2.24, 2.45) is 7.05 Å². The van der Waals surface area contributed by atoms with Crippen molar-refractivity contribution in [2.75, 3.05) is 24.6 Å². The molecule has 3 heterocycles. The average Bonchev–Trinajstić information content (AvgIpc) is 2.96. The summed E-state index contributed by atoms with van der Waals surface area (Å²) in [6.07, 6.45) is 4.13. The summed E-state index contributed by atoms with van der Waals surface area (Å²) < 4.78 is 7.04. The highest BCUT2D eigenvalue weighted by atomic mass is 16.5. The van der Waals surface area contributed by atoms with Gasteiger partial charge in [-0.05, 0) is 6.92 Å². The molecule has 0 radical (unpaired) electrons. The molecular formula is C14H20N6O2. The second-order valence-electron chi connectivity index (χ2n) is 5.37. The summed E-state index contributed by atoms with van der Waals surface area (Å²) in [5.74, 6) is 2.00. The zero-order valence-corrected chi connectivity index (χ0v) is 12.8. The smallest absolute Gasteiger partial charge is 0.218 e. The molecule has 1 aliphatic rings. The number of nitrogens with zero attached hydrogens (tertiary/aromatic N) is 6. The maximum Gasteiger partial charge on any atom is 0.218 e. The van der Waals surface area contributed by atoms with Gasteiger partial charge in [-0.3, -0.25) is 4.68 Å². The number of hydrogen-bond donors (Lipinski definition) is 1. The van der Waals surface area contributed by atoms with Crippen LogP contribution in [0.1, 0.15) is 25.6 Å². The molecule has 1 saturated heterocycles. The van der Waals surface area contributed by atoms with Gasteiger partial charge in [0.05, 0.1) is 6.61 Å². The monoisotopic (exact) mass is 304 g/mol. The Labute approximate surface area is 128 Å². The molecule has 0 bridgehead atoms. The quantitative estimate of drug-likeness (QED) is 0.879. The number of piperidine rings is 1. The highest BCUT2D eigenvalue weighted by Gasteiger charge is 2.38. The standard InChI is InChI=1S/C14H20N6O2/c1-3-22-12-8-11(15-9-16-12)20-6-4-14(21,5-7-20)13-17-10-18-19(13)2/h8-10,21H,3-7H2,1-2H3. The molecule has 1 aliphatic heterocycles. The van der Waals surface area contributed by atoms with E-state index in [2.05, 4.69) is 25.0 Å². The fourth-order valence-corrected chi connectivity index (χ4v) is 2.78. The summed E-state index contributed by atoms with van der Waals surface area (Å²) in [7, 11) is 1.80. The maximum absolute atomic E-state index is 10.8. The molecule has 2 aromatic heterocycles. The lowest BCUT2D eigenvalue weighted by atomic mass is 9.90. The molecular weight excluding hydrogens is 284 g/mol. The van der Waals surface area contributed by atoms with Crippen molar-refractivity contribution in [2.45, 2.75) is 25.4 Å². The molecule has 0 saturated carbocycles. The Morgan fingerprint density at radius 3 is 2.64 bits per heavy atom. The number of aliphatic hydroxyl groups is 1. The van der Waals surface area contributed by atoms with Crippen molar-refractivity contribution in [3.05, 3.63) is 24.5 Å². The number of aryl methyl sites for hydroxylation is 1. The van der Waals surface area contributed by atoms with E-state index >= 15 is 0 Å². The summed E-state index contributed by atoms with van der Waals surface area (Å²) in [5.41, 5.74) is -0.933. The molecule has 0 spiro atoms. The molecule has 0 unspecified atom stereocenters. The molecule has 0 aromatic carbocycles. The molecule has 0 atom stereocenters. The molecule has 0 amide bonds. The Balaban J connectivity index is 1.71. The van der Waals surface area contributed by atoms with Crippen LogP contribution in [0.3, 0.4) is 0 Å². The Hall–Kier alpha value is -2.22. The van der Waals surface area contributed by atoms with Crippen molar-refractivity contribution >= 4 is 5.82 Å². The predicted octanol–water partition coefficient (Wildman–Crippen LogP) is 0.492. The third kappa shape index (κ3) is 2.74. The first-order chi connectivity index (χ1) is 10.6. The summed E-state index contributed by atoms with van der Waals surface area (Å²) >= 11 is 0. The van der Waals surface area contributed by atoms with Crippen LogP contribution in [0.2, 0.25) is 0 Å². The molecule has 1 N–H and O–H groups in total.